The summed E-state index contributed by atoms with van der Waals surface area (Å²) in [4.78, 5) is 0.111. The Labute approximate surface area is 194 Å². The molecule has 170 valence electrons. The largest absolute Gasteiger partial charge is 0.290 e. The van der Waals surface area contributed by atoms with E-state index < -0.39 is 32.7 Å². The Morgan fingerprint density at radius 2 is 1.22 bits per heavy atom. The van der Waals surface area contributed by atoms with E-state index >= 15 is 0 Å². The Bertz CT molecular complexity index is 1270. The maximum absolute atomic E-state index is 14.9. The van der Waals surface area contributed by atoms with E-state index in [1.165, 1.54) is 12.1 Å². The third-order valence-corrected chi connectivity index (χ3v) is 15.5. The van der Waals surface area contributed by atoms with Gasteiger partial charge < -0.3 is 0 Å². The minimum Gasteiger partial charge on any atom is -0.244 e. The van der Waals surface area contributed by atoms with Gasteiger partial charge in [0, 0.05) is 9.77 Å². The number of aryl methyl sites for hydroxylation is 1. The van der Waals surface area contributed by atoms with Gasteiger partial charge in [-0.2, -0.15) is 8.42 Å². The van der Waals surface area contributed by atoms with Crippen molar-refractivity contribution in [1.29, 1.82) is 0 Å². The molecule has 32 heavy (non-hydrogen) atoms. The molecule has 3 aromatic carbocycles. The summed E-state index contributed by atoms with van der Waals surface area (Å²) in [6.45, 7) is 10.3. The van der Waals surface area contributed by atoms with Crippen LogP contribution >= 0.6 is 0 Å². The van der Waals surface area contributed by atoms with Crippen molar-refractivity contribution in [2.75, 3.05) is 0 Å². The summed E-state index contributed by atoms with van der Waals surface area (Å²) in [6.07, 6.45) is 0. The molecule has 0 N–H and O–H groups in total. The van der Waals surface area contributed by atoms with E-state index in [1.54, 1.807) is 36.4 Å². The molecular formula is C25H31NO3S2Si. The van der Waals surface area contributed by atoms with Gasteiger partial charge in [0.25, 0.3) is 10.0 Å². The monoisotopic (exact) mass is 485 g/mol. The van der Waals surface area contributed by atoms with Crippen LogP contribution in [0.2, 0.25) is 19.6 Å². The average molecular weight is 486 g/mol. The van der Waals surface area contributed by atoms with E-state index in [9.17, 15) is 12.6 Å². The minimum atomic E-state index is -4.13. The van der Waals surface area contributed by atoms with Crippen LogP contribution in [-0.4, -0.2) is 25.6 Å². The van der Waals surface area contributed by atoms with Gasteiger partial charge in [0.1, 0.15) is 0 Å². The van der Waals surface area contributed by atoms with Crippen molar-refractivity contribution < 1.29 is 12.6 Å². The molecule has 7 heteroatoms. The average Bonchev–Trinajstić information content (AvgIpc) is 2.74. The van der Waals surface area contributed by atoms with Crippen molar-refractivity contribution in [3.63, 3.8) is 0 Å². The molecule has 3 atom stereocenters. The van der Waals surface area contributed by atoms with Gasteiger partial charge in [-0.1, -0.05) is 92.8 Å². The van der Waals surface area contributed by atoms with Gasteiger partial charge in [-0.25, -0.2) is 4.21 Å². The summed E-state index contributed by atoms with van der Waals surface area (Å²) in [7, 11) is -9.66. The van der Waals surface area contributed by atoms with Crippen LogP contribution in [0.1, 0.15) is 24.0 Å². The molecule has 4 nitrogen and oxygen atoms in total. The Hall–Kier alpha value is -2.22. The van der Waals surface area contributed by atoms with Crippen LogP contribution in [0.4, 0.5) is 0 Å². The lowest BCUT2D eigenvalue weighted by atomic mass is 10.0. The molecule has 0 aromatic heterocycles. The summed E-state index contributed by atoms with van der Waals surface area (Å²) < 4.78 is 45.9. The summed E-state index contributed by atoms with van der Waals surface area (Å²) in [5, 5.41) is 0. The Morgan fingerprint density at radius 3 is 1.72 bits per heavy atom. The number of hydrogen-bond acceptors (Lipinski definition) is 3. The third-order valence-electron chi connectivity index (χ3n) is 5.59. The second-order valence-corrected chi connectivity index (χ2v) is 19.1. The molecule has 0 bridgehead atoms. The number of sulfonamides is 1. The maximum atomic E-state index is 14.9. The van der Waals surface area contributed by atoms with Crippen molar-refractivity contribution in [3.05, 3.63) is 96.1 Å². The molecule has 3 unspecified atom stereocenters. The Morgan fingerprint density at radius 1 is 0.719 bits per heavy atom. The van der Waals surface area contributed by atoms with Crippen LogP contribution in [0.3, 0.4) is 0 Å². The third kappa shape index (κ3) is 5.22. The first-order valence-corrected chi connectivity index (χ1v) is 17.2. The van der Waals surface area contributed by atoms with Crippen molar-refractivity contribution in [3.8, 4) is 0 Å². The summed E-state index contributed by atoms with van der Waals surface area (Å²) in [6, 6.07) is 25.3. The van der Waals surface area contributed by atoms with Crippen LogP contribution in [-0.2, 0) is 19.8 Å². The molecule has 0 saturated heterocycles. The fraction of sp³-hybridized carbons (Fsp3) is 0.280. The standard InChI is InChI=1S/C25H31NO3S2Si/c1-20-16-18-24(19-17-20)31(28,29)26-30(27,23-14-10-7-11-15-23)25(32(3,4)5)21(2)22-12-8-6-9-13-22/h6-19,21,25H,1-5H3. The van der Waals surface area contributed by atoms with Gasteiger partial charge in [0.05, 0.1) is 22.7 Å². The zero-order chi connectivity index (χ0) is 23.6. The molecule has 0 amide bonds. The summed E-state index contributed by atoms with van der Waals surface area (Å²) in [5.74, 6) is -0.132. The zero-order valence-electron chi connectivity index (χ0n) is 19.2. The first-order valence-electron chi connectivity index (χ1n) is 10.6. The highest BCUT2D eigenvalue weighted by molar-refractivity contribution is 8.04. The van der Waals surface area contributed by atoms with Crippen LogP contribution in [0.25, 0.3) is 0 Å². The van der Waals surface area contributed by atoms with Crippen LogP contribution in [0, 0.1) is 6.92 Å². The lowest BCUT2D eigenvalue weighted by Crippen LogP contribution is -2.47. The predicted octanol–water partition coefficient (Wildman–Crippen LogP) is 6.26. The number of rotatable bonds is 7. The fourth-order valence-electron chi connectivity index (χ4n) is 4.19. The fourth-order valence-corrected chi connectivity index (χ4v) is 14.8. The molecule has 0 aliphatic heterocycles. The second kappa shape index (κ2) is 9.33. The predicted molar refractivity (Wildman–Crippen MR) is 136 cm³/mol. The van der Waals surface area contributed by atoms with E-state index in [0.29, 0.717) is 4.90 Å². The van der Waals surface area contributed by atoms with E-state index in [0.717, 1.165) is 11.1 Å². The molecule has 3 rings (SSSR count). The molecule has 0 heterocycles. The van der Waals surface area contributed by atoms with Crippen molar-refractivity contribution in [1.82, 2.24) is 0 Å². The number of nitrogens with zero attached hydrogens (tertiary/aromatic N) is 1. The number of hydrogen-bond donors (Lipinski definition) is 0. The molecule has 0 fully saturated rings. The van der Waals surface area contributed by atoms with Gasteiger partial charge in [-0.3, -0.25) is 0 Å². The summed E-state index contributed by atoms with van der Waals surface area (Å²) >= 11 is 0. The molecular weight excluding hydrogens is 454 g/mol. The van der Waals surface area contributed by atoms with Crippen LogP contribution in [0.15, 0.2) is 98.5 Å². The normalized spacial score (nSPS) is 16.0. The van der Waals surface area contributed by atoms with Gasteiger partial charge in [-0.05, 0) is 42.7 Å². The van der Waals surface area contributed by atoms with Gasteiger partial charge in [0.15, 0.2) is 0 Å². The molecule has 0 spiro atoms. The lowest BCUT2D eigenvalue weighted by Gasteiger charge is -2.36. The van der Waals surface area contributed by atoms with Crippen molar-refractivity contribution >= 4 is 27.8 Å². The van der Waals surface area contributed by atoms with Crippen molar-refractivity contribution in [2.24, 2.45) is 3.77 Å². The highest BCUT2D eigenvalue weighted by Gasteiger charge is 2.42. The van der Waals surface area contributed by atoms with Gasteiger partial charge in [0.2, 0.25) is 0 Å². The highest BCUT2D eigenvalue weighted by atomic mass is 32.3. The first kappa shape index (κ1) is 24.4. The highest BCUT2D eigenvalue weighted by Crippen LogP contribution is 2.37. The van der Waals surface area contributed by atoms with Crippen LogP contribution < -0.4 is 0 Å². The molecule has 0 aliphatic carbocycles. The smallest absolute Gasteiger partial charge is 0.244 e. The Balaban J connectivity index is 2.32. The van der Waals surface area contributed by atoms with Crippen molar-refractivity contribution in [2.45, 2.75) is 54.1 Å². The quantitative estimate of drug-likeness (QED) is 0.371. The Kier molecular flexibility index (Phi) is 7.12. The number of benzene rings is 3. The second-order valence-electron chi connectivity index (χ2n) is 9.23. The lowest BCUT2D eigenvalue weighted by molar-refractivity contribution is 0.597. The minimum absolute atomic E-state index is 0.0634. The van der Waals surface area contributed by atoms with Gasteiger partial charge in [-0.15, -0.1) is 3.77 Å². The van der Waals surface area contributed by atoms with E-state index in [1.807, 2.05) is 50.2 Å². The SMILES string of the molecule is Cc1ccc(S(=O)(=O)N=S(=O)(c2ccccc2)C(C(C)c2ccccc2)[Si](C)(C)C)cc1. The summed E-state index contributed by atoms with van der Waals surface area (Å²) in [5.41, 5.74) is 1.98. The molecule has 3 aromatic rings. The van der Waals surface area contributed by atoms with Gasteiger partial charge >= 0.3 is 0 Å². The maximum Gasteiger partial charge on any atom is 0.290 e. The van der Waals surface area contributed by atoms with E-state index in [2.05, 4.69) is 23.4 Å². The molecule has 0 radical (unpaired) electrons. The van der Waals surface area contributed by atoms with E-state index in [-0.39, 0.29) is 10.8 Å². The molecule has 0 aliphatic rings. The first-order chi connectivity index (χ1) is 14.9. The molecule has 0 saturated carbocycles. The van der Waals surface area contributed by atoms with Crippen LogP contribution in [0.5, 0.6) is 0 Å². The topological polar surface area (TPSA) is 63.6 Å². The van der Waals surface area contributed by atoms with E-state index in [4.69, 9.17) is 0 Å². The zero-order valence-corrected chi connectivity index (χ0v) is 21.9.